The monoisotopic (exact) mass is 296 g/mol. The highest BCUT2D eigenvalue weighted by atomic mass is 19.1. The number of benzene rings is 1. The zero-order valence-corrected chi connectivity index (χ0v) is 14.0. The smallest absolute Gasteiger partial charge is 0.146 e. The standard InChI is InChI=1S/C17H29FN2O/c1-6-20(10-11-21-7-2)16-9-8-14(12-15(16)18)13-19-17(3,4)5/h8-9,12,19H,6-7,10-11,13H2,1-5H3. The van der Waals surface area contributed by atoms with Crippen LogP contribution in [0.4, 0.5) is 10.1 Å². The second-order valence-corrected chi connectivity index (χ2v) is 6.17. The molecule has 0 radical (unpaired) electrons. The van der Waals surface area contributed by atoms with Crippen molar-refractivity contribution < 1.29 is 9.13 Å². The lowest BCUT2D eigenvalue weighted by molar-refractivity contribution is 0.154. The summed E-state index contributed by atoms with van der Waals surface area (Å²) in [6, 6.07) is 5.47. The van der Waals surface area contributed by atoms with Crippen molar-refractivity contribution in [1.82, 2.24) is 5.32 Å². The number of halogens is 1. The van der Waals surface area contributed by atoms with E-state index in [9.17, 15) is 4.39 Å². The molecular formula is C17H29FN2O. The molecule has 0 saturated heterocycles. The van der Waals surface area contributed by atoms with Gasteiger partial charge in [-0.15, -0.1) is 0 Å². The first-order chi connectivity index (χ1) is 9.87. The molecule has 0 aliphatic carbocycles. The summed E-state index contributed by atoms with van der Waals surface area (Å²) in [7, 11) is 0. The number of nitrogens with zero attached hydrogens (tertiary/aromatic N) is 1. The third kappa shape index (κ3) is 6.44. The van der Waals surface area contributed by atoms with Crippen molar-refractivity contribution >= 4 is 5.69 Å². The molecule has 21 heavy (non-hydrogen) atoms. The van der Waals surface area contributed by atoms with Gasteiger partial charge in [-0.2, -0.15) is 0 Å². The Morgan fingerprint density at radius 3 is 2.48 bits per heavy atom. The molecule has 1 rings (SSSR count). The van der Waals surface area contributed by atoms with E-state index in [2.05, 4.69) is 26.1 Å². The average Bonchev–Trinajstić information content (AvgIpc) is 2.42. The van der Waals surface area contributed by atoms with Gasteiger partial charge in [0.1, 0.15) is 5.82 Å². The summed E-state index contributed by atoms with van der Waals surface area (Å²) in [6.07, 6.45) is 0. The number of anilines is 1. The van der Waals surface area contributed by atoms with E-state index in [4.69, 9.17) is 4.74 Å². The highest BCUT2D eigenvalue weighted by Gasteiger charge is 2.12. The van der Waals surface area contributed by atoms with Crippen molar-refractivity contribution in [3.05, 3.63) is 29.6 Å². The van der Waals surface area contributed by atoms with Gasteiger partial charge in [-0.25, -0.2) is 4.39 Å². The third-order valence-corrected chi connectivity index (χ3v) is 3.27. The van der Waals surface area contributed by atoms with E-state index < -0.39 is 0 Å². The van der Waals surface area contributed by atoms with Gasteiger partial charge in [0, 0.05) is 31.8 Å². The second-order valence-electron chi connectivity index (χ2n) is 6.17. The van der Waals surface area contributed by atoms with E-state index in [0.29, 0.717) is 32.0 Å². The minimum Gasteiger partial charge on any atom is -0.380 e. The van der Waals surface area contributed by atoms with Crippen LogP contribution >= 0.6 is 0 Å². The Labute approximate surface area is 128 Å². The molecule has 0 heterocycles. The van der Waals surface area contributed by atoms with E-state index in [1.165, 1.54) is 0 Å². The van der Waals surface area contributed by atoms with Crippen LogP contribution in [0.3, 0.4) is 0 Å². The Morgan fingerprint density at radius 1 is 1.24 bits per heavy atom. The molecule has 0 bridgehead atoms. The molecule has 0 aromatic heterocycles. The van der Waals surface area contributed by atoms with Gasteiger partial charge in [0.25, 0.3) is 0 Å². The Bertz CT molecular complexity index is 429. The predicted molar refractivity (Wildman–Crippen MR) is 87.4 cm³/mol. The fourth-order valence-corrected chi connectivity index (χ4v) is 2.05. The maximum absolute atomic E-state index is 14.3. The fraction of sp³-hybridized carbons (Fsp3) is 0.647. The molecular weight excluding hydrogens is 267 g/mol. The molecule has 1 aromatic carbocycles. The fourth-order valence-electron chi connectivity index (χ4n) is 2.05. The van der Waals surface area contributed by atoms with E-state index >= 15 is 0 Å². The summed E-state index contributed by atoms with van der Waals surface area (Å²) in [5, 5.41) is 3.37. The largest absolute Gasteiger partial charge is 0.380 e. The third-order valence-electron chi connectivity index (χ3n) is 3.27. The van der Waals surface area contributed by atoms with Crippen LogP contribution in [-0.4, -0.2) is 31.8 Å². The number of likely N-dealkylation sites (N-methyl/N-ethyl adjacent to an activating group) is 1. The molecule has 0 unspecified atom stereocenters. The van der Waals surface area contributed by atoms with Gasteiger partial charge in [0.15, 0.2) is 0 Å². The van der Waals surface area contributed by atoms with Crippen LogP contribution in [0.1, 0.15) is 40.2 Å². The quantitative estimate of drug-likeness (QED) is 0.742. The van der Waals surface area contributed by atoms with E-state index in [-0.39, 0.29) is 11.4 Å². The maximum Gasteiger partial charge on any atom is 0.146 e. The zero-order chi connectivity index (χ0) is 15.9. The molecule has 1 aromatic rings. The molecule has 4 heteroatoms. The van der Waals surface area contributed by atoms with Gasteiger partial charge in [0.2, 0.25) is 0 Å². The summed E-state index contributed by atoms with van der Waals surface area (Å²) in [6.45, 7) is 13.8. The van der Waals surface area contributed by atoms with E-state index in [0.717, 1.165) is 12.1 Å². The minimum absolute atomic E-state index is 0.0299. The van der Waals surface area contributed by atoms with Crippen LogP contribution in [-0.2, 0) is 11.3 Å². The van der Waals surface area contributed by atoms with Crippen molar-refractivity contribution in [2.75, 3.05) is 31.2 Å². The number of nitrogens with one attached hydrogen (secondary N) is 1. The van der Waals surface area contributed by atoms with Gasteiger partial charge in [0.05, 0.1) is 12.3 Å². The molecule has 0 atom stereocenters. The van der Waals surface area contributed by atoms with E-state index in [1.807, 2.05) is 30.9 Å². The van der Waals surface area contributed by atoms with Gasteiger partial charge in [-0.1, -0.05) is 6.07 Å². The van der Waals surface area contributed by atoms with E-state index in [1.54, 1.807) is 6.07 Å². The molecule has 3 nitrogen and oxygen atoms in total. The Kier molecular flexibility index (Phi) is 7.12. The normalized spacial score (nSPS) is 11.7. The van der Waals surface area contributed by atoms with Crippen molar-refractivity contribution in [3.8, 4) is 0 Å². The lowest BCUT2D eigenvalue weighted by atomic mass is 10.1. The average molecular weight is 296 g/mol. The second kappa shape index (κ2) is 8.35. The van der Waals surface area contributed by atoms with Gasteiger partial charge < -0.3 is 15.0 Å². The van der Waals surface area contributed by atoms with Gasteiger partial charge in [-0.3, -0.25) is 0 Å². The molecule has 0 aliphatic rings. The lowest BCUT2D eigenvalue weighted by Gasteiger charge is -2.24. The molecule has 0 spiro atoms. The van der Waals surface area contributed by atoms with Crippen molar-refractivity contribution in [3.63, 3.8) is 0 Å². The van der Waals surface area contributed by atoms with Gasteiger partial charge >= 0.3 is 0 Å². The first-order valence-electron chi connectivity index (χ1n) is 7.73. The highest BCUT2D eigenvalue weighted by molar-refractivity contribution is 5.49. The molecule has 120 valence electrons. The lowest BCUT2D eigenvalue weighted by Crippen LogP contribution is -2.35. The number of rotatable bonds is 8. The molecule has 0 fully saturated rings. The molecule has 1 N–H and O–H groups in total. The Morgan fingerprint density at radius 2 is 1.95 bits per heavy atom. The summed E-state index contributed by atoms with van der Waals surface area (Å²) in [4.78, 5) is 2.01. The van der Waals surface area contributed by atoms with Gasteiger partial charge in [-0.05, 0) is 52.3 Å². The van der Waals surface area contributed by atoms with Crippen LogP contribution in [0.15, 0.2) is 18.2 Å². The van der Waals surface area contributed by atoms with Crippen LogP contribution in [0.25, 0.3) is 0 Å². The van der Waals surface area contributed by atoms with Crippen LogP contribution in [0.5, 0.6) is 0 Å². The minimum atomic E-state index is -0.165. The van der Waals surface area contributed by atoms with Crippen molar-refractivity contribution in [2.45, 2.75) is 46.7 Å². The first-order valence-corrected chi connectivity index (χ1v) is 7.73. The molecule has 0 aliphatic heterocycles. The molecule has 0 amide bonds. The Balaban J connectivity index is 2.71. The van der Waals surface area contributed by atoms with Crippen molar-refractivity contribution in [1.29, 1.82) is 0 Å². The summed E-state index contributed by atoms with van der Waals surface area (Å²) >= 11 is 0. The number of hydrogen-bond acceptors (Lipinski definition) is 3. The SMILES string of the molecule is CCOCCN(CC)c1ccc(CNC(C)(C)C)cc1F. The predicted octanol–water partition coefficient (Wildman–Crippen LogP) is 3.58. The summed E-state index contributed by atoms with van der Waals surface area (Å²) in [5.41, 5.74) is 1.64. The number of hydrogen-bond donors (Lipinski definition) is 1. The highest BCUT2D eigenvalue weighted by Crippen LogP contribution is 2.20. The number of ether oxygens (including phenoxy) is 1. The van der Waals surface area contributed by atoms with Crippen LogP contribution in [0, 0.1) is 5.82 Å². The summed E-state index contributed by atoms with van der Waals surface area (Å²) in [5.74, 6) is -0.165. The Hall–Kier alpha value is -1.13. The van der Waals surface area contributed by atoms with Crippen molar-refractivity contribution in [2.24, 2.45) is 0 Å². The summed E-state index contributed by atoms with van der Waals surface area (Å²) < 4.78 is 19.7. The topological polar surface area (TPSA) is 24.5 Å². The zero-order valence-electron chi connectivity index (χ0n) is 14.0. The maximum atomic E-state index is 14.3. The molecule has 0 saturated carbocycles. The first kappa shape index (κ1) is 17.9. The van der Waals surface area contributed by atoms with Crippen LogP contribution < -0.4 is 10.2 Å². The van der Waals surface area contributed by atoms with Crippen LogP contribution in [0.2, 0.25) is 0 Å².